The normalized spacial score (nSPS) is 38.0. The van der Waals surface area contributed by atoms with Gasteiger partial charge in [0.1, 0.15) is 0 Å². The SMILES string of the molecule is CCCNC(=O)NC1C(N)C2CCOC21. The van der Waals surface area contributed by atoms with Gasteiger partial charge in [-0.1, -0.05) is 6.92 Å². The van der Waals surface area contributed by atoms with Crippen molar-refractivity contribution in [1.29, 1.82) is 0 Å². The zero-order valence-electron chi connectivity index (χ0n) is 9.03. The molecular formula is C10H19N3O2. The van der Waals surface area contributed by atoms with Gasteiger partial charge in [0, 0.05) is 25.1 Å². The van der Waals surface area contributed by atoms with E-state index in [0.29, 0.717) is 12.5 Å². The summed E-state index contributed by atoms with van der Waals surface area (Å²) >= 11 is 0. The van der Waals surface area contributed by atoms with Gasteiger partial charge < -0.3 is 21.1 Å². The topological polar surface area (TPSA) is 76.4 Å². The van der Waals surface area contributed by atoms with Crippen LogP contribution in [0.1, 0.15) is 19.8 Å². The van der Waals surface area contributed by atoms with E-state index < -0.39 is 0 Å². The van der Waals surface area contributed by atoms with E-state index in [0.717, 1.165) is 19.4 Å². The van der Waals surface area contributed by atoms with Crippen molar-refractivity contribution in [1.82, 2.24) is 10.6 Å². The maximum Gasteiger partial charge on any atom is 0.315 e. The smallest absolute Gasteiger partial charge is 0.315 e. The van der Waals surface area contributed by atoms with Crippen molar-refractivity contribution < 1.29 is 9.53 Å². The zero-order valence-corrected chi connectivity index (χ0v) is 9.03. The van der Waals surface area contributed by atoms with Crippen LogP contribution in [-0.2, 0) is 4.74 Å². The van der Waals surface area contributed by atoms with Crippen molar-refractivity contribution >= 4 is 6.03 Å². The summed E-state index contributed by atoms with van der Waals surface area (Å²) < 4.78 is 5.52. The molecule has 0 bridgehead atoms. The standard InChI is InChI=1S/C10H19N3O2/c1-2-4-12-10(14)13-8-7(11)6-3-5-15-9(6)8/h6-9H,2-5,11H2,1H3,(H2,12,13,14). The van der Waals surface area contributed by atoms with Gasteiger partial charge in [0.15, 0.2) is 0 Å². The first-order valence-electron chi connectivity index (χ1n) is 5.65. The van der Waals surface area contributed by atoms with Crippen LogP contribution in [0.5, 0.6) is 0 Å². The predicted octanol–water partition coefficient (Wildman–Crippen LogP) is -0.190. The number of rotatable bonds is 3. The number of carbonyl (C=O) groups is 1. The predicted molar refractivity (Wildman–Crippen MR) is 56.4 cm³/mol. The fourth-order valence-electron chi connectivity index (χ4n) is 2.37. The number of ether oxygens (including phenoxy) is 1. The van der Waals surface area contributed by atoms with Crippen LogP contribution in [0.4, 0.5) is 4.79 Å². The molecule has 0 spiro atoms. The summed E-state index contributed by atoms with van der Waals surface area (Å²) in [4.78, 5) is 11.4. The molecule has 1 heterocycles. The lowest BCUT2D eigenvalue weighted by Gasteiger charge is -2.45. The third-order valence-electron chi connectivity index (χ3n) is 3.28. The number of fused-ring (bicyclic) bond motifs is 1. The molecule has 2 amide bonds. The van der Waals surface area contributed by atoms with Crippen LogP contribution >= 0.6 is 0 Å². The Morgan fingerprint density at radius 2 is 2.40 bits per heavy atom. The third kappa shape index (κ3) is 1.94. The van der Waals surface area contributed by atoms with Crippen molar-refractivity contribution in [2.75, 3.05) is 13.2 Å². The number of urea groups is 1. The highest BCUT2D eigenvalue weighted by atomic mass is 16.5. The molecule has 0 aromatic carbocycles. The molecule has 2 fully saturated rings. The minimum atomic E-state index is -0.133. The molecule has 1 saturated carbocycles. The Morgan fingerprint density at radius 3 is 3.13 bits per heavy atom. The van der Waals surface area contributed by atoms with Gasteiger partial charge in [0.2, 0.25) is 0 Å². The zero-order chi connectivity index (χ0) is 10.8. The highest BCUT2D eigenvalue weighted by Crippen LogP contribution is 2.37. The molecule has 1 aliphatic carbocycles. The molecule has 15 heavy (non-hydrogen) atoms. The van der Waals surface area contributed by atoms with E-state index in [4.69, 9.17) is 10.5 Å². The van der Waals surface area contributed by atoms with Crippen LogP contribution in [0, 0.1) is 5.92 Å². The molecule has 0 aromatic rings. The van der Waals surface area contributed by atoms with E-state index in [2.05, 4.69) is 10.6 Å². The average molecular weight is 213 g/mol. The van der Waals surface area contributed by atoms with E-state index >= 15 is 0 Å². The Labute approximate surface area is 89.7 Å². The van der Waals surface area contributed by atoms with E-state index in [1.807, 2.05) is 6.92 Å². The fraction of sp³-hybridized carbons (Fsp3) is 0.900. The molecular weight excluding hydrogens is 194 g/mol. The van der Waals surface area contributed by atoms with E-state index in [1.54, 1.807) is 0 Å². The second-order valence-corrected chi connectivity index (χ2v) is 4.29. The van der Waals surface area contributed by atoms with Crippen molar-refractivity contribution in [2.24, 2.45) is 11.7 Å². The van der Waals surface area contributed by atoms with Gasteiger partial charge in [-0.3, -0.25) is 0 Å². The monoisotopic (exact) mass is 213 g/mol. The Morgan fingerprint density at radius 1 is 1.60 bits per heavy atom. The molecule has 0 aromatic heterocycles. The van der Waals surface area contributed by atoms with Crippen molar-refractivity contribution in [3.05, 3.63) is 0 Å². The molecule has 5 nitrogen and oxygen atoms in total. The summed E-state index contributed by atoms with van der Waals surface area (Å²) in [6.45, 7) is 3.49. The third-order valence-corrected chi connectivity index (χ3v) is 3.28. The number of hydrogen-bond acceptors (Lipinski definition) is 3. The molecule has 5 heteroatoms. The summed E-state index contributed by atoms with van der Waals surface area (Å²) in [7, 11) is 0. The summed E-state index contributed by atoms with van der Waals surface area (Å²) in [5.74, 6) is 0.446. The van der Waals surface area contributed by atoms with Gasteiger partial charge in [-0.15, -0.1) is 0 Å². The van der Waals surface area contributed by atoms with E-state index in [-0.39, 0.29) is 24.2 Å². The Kier molecular flexibility index (Phi) is 3.11. The molecule has 1 saturated heterocycles. The molecule has 2 aliphatic rings. The second-order valence-electron chi connectivity index (χ2n) is 4.29. The van der Waals surface area contributed by atoms with Crippen molar-refractivity contribution in [3.8, 4) is 0 Å². The lowest BCUT2D eigenvalue weighted by molar-refractivity contribution is -0.0134. The number of hydrogen-bond donors (Lipinski definition) is 3. The average Bonchev–Trinajstić information content (AvgIpc) is 2.67. The number of nitrogens with one attached hydrogen (secondary N) is 2. The number of carbonyl (C=O) groups excluding carboxylic acids is 1. The van der Waals surface area contributed by atoms with Gasteiger partial charge in [0.25, 0.3) is 0 Å². The quantitative estimate of drug-likeness (QED) is 0.608. The Hall–Kier alpha value is -0.810. The second kappa shape index (κ2) is 4.37. The maximum absolute atomic E-state index is 11.4. The van der Waals surface area contributed by atoms with Crippen LogP contribution in [-0.4, -0.2) is 37.4 Å². The van der Waals surface area contributed by atoms with Gasteiger partial charge in [-0.05, 0) is 12.8 Å². The molecule has 0 radical (unpaired) electrons. The van der Waals surface area contributed by atoms with Crippen LogP contribution in [0.15, 0.2) is 0 Å². The van der Waals surface area contributed by atoms with Crippen LogP contribution < -0.4 is 16.4 Å². The highest BCUT2D eigenvalue weighted by molar-refractivity contribution is 5.74. The first-order valence-corrected chi connectivity index (χ1v) is 5.65. The largest absolute Gasteiger partial charge is 0.376 e. The molecule has 4 atom stereocenters. The lowest BCUT2D eigenvalue weighted by Crippen LogP contribution is -2.69. The molecule has 1 aliphatic heterocycles. The Bertz CT molecular complexity index is 247. The first kappa shape index (κ1) is 10.7. The number of nitrogens with two attached hydrogens (primary N) is 1. The Balaban J connectivity index is 1.77. The molecule has 4 N–H and O–H groups in total. The fourth-order valence-corrected chi connectivity index (χ4v) is 2.37. The summed E-state index contributed by atoms with van der Waals surface area (Å²) in [6, 6.07) is -0.0783. The minimum Gasteiger partial charge on any atom is -0.376 e. The summed E-state index contributed by atoms with van der Waals surface area (Å²) in [6.07, 6.45) is 2.11. The van der Waals surface area contributed by atoms with E-state index in [1.165, 1.54) is 0 Å². The summed E-state index contributed by atoms with van der Waals surface area (Å²) in [5.41, 5.74) is 5.96. The van der Waals surface area contributed by atoms with Gasteiger partial charge >= 0.3 is 6.03 Å². The van der Waals surface area contributed by atoms with Crippen LogP contribution in [0.25, 0.3) is 0 Å². The summed E-state index contributed by atoms with van der Waals surface area (Å²) in [5, 5.41) is 5.64. The number of amides is 2. The van der Waals surface area contributed by atoms with Gasteiger partial charge in [-0.2, -0.15) is 0 Å². The van der Waals surface area contributed by atoms with Crippen molar-refractivity contribution in [3.63, 3.8) is 0 Å². The van der Waals surface area contributed by atoms with Crippen LogP contribution in [0.3, 0.4) is 0 Å². The molecule has 86 valence electrons. The molecule has 2 rings (SSSR count). The van der Waals surface area contributed by atoms with E-state index in [9.17, 15) is 4.79 Å². The molecule has 4 unspecified atom stereocenters. The van der Waals surface area contributed by atoms with Gasteiger partial charge in [0.05, 0.1) is 12.1 Å². The van der Waals surface area contributed by atoms with Gasteiger partial charge in [-0.25, -0.2) is 4.79 Å². The minimum absolute atomic E-state index is 0.00523. The highest BCUT2D eigenvalue weighted by Gasteiger charge is 2.52. The lowest BCUT2D eigenvalue weighted by atomic mass is 9.72. The van der Waals surface area contributed by atoms with Crippen molar-refractivity contribution in [2.45, 2.75) is 38.0 Å². The first-order chi connectivity index (χ1) is 7.24. The van der Waals surface area contributed by atoms with Crippen LogP contribution in [0.2, 0.25) is 0 Å². The maximum atomic E-state index is 11.4.